The predicted octanol–water partition coefficient (Wildman–Crippen LogP) is 5.23. The molecule has 3 aromatic rings. The zero-order valence-electron chi connectivity index (χ0n) is 22.7. The van der Waals surface area contributed by atoms with Gasteiger partial charge in [0.05, 0.1) is 6.04 Å². The van der Waals surface area contributed by atoms with Gasteiger partial charge in [0, 0.05) is 12.8 Å². The van der Waals surface area contributed by atoms with Crippen LogP contribution in [0, 0.1) is 5.92 Å². The van der Waals surface area contributed by atoms with Crippen molar-refractivity contribution in [3.63, 3.8) is 0 Å². The number of ether oxygens (including phenoxy) is 2. The zero-order chi connectivity index (χ0) is 27.8. The second kappa shape index (κ2) is 13.1. The molecule has 1 aliphatic carbocycles. The van der Waals surface area contributed by atoms with Crippen molar-refractivity contribution in [3.8, 4) is 11.1 Å². The van der Waals surface area contributed by atoms with Crippen LogP contribution in [0.15, 0.2) is 78.9 Å². The fraction of sp³-hybridized carbons (Fsp3) is 0.344. The minimum atomic E-state index is -0.804. The van der Waals surface area contributed by atoms with Crippen molar-refractivity contribution in [1.82, 2.24) is 10.6 Å². The van der Waals surface area contributed by atoms with Gasteiger partial charge < -0.3 is 20.1 Å². The third-order valence-electron chi connectivity index (χ3n) is 7.27. The van der Waals surface area contributed by atoms with Crippen LogP contribution in [0.2, 0.25) is 0 Å². The number of nitrogens with one attached hydrogen (secondary N) is 2. The van der Waals surface area contributed by atoms with Crippen LogP contribution in [0.5, 0.6) is 0 Å². The van der Waals surface area contributed by atoms with E-state index in [-0.39, 0.29) is 31.0 Å². The number of alkyl carbamates (subject to hydrolysis) is 1. The third-order valence-corrected chi connectivity index (χ3v) is 7.27. The Labute approximate surface area is 229 Å². The smallest absolute Gasteiger partial charge is 0.407 e. The molecule has 3 aromatic carbocycles. The maximum Gasteiger partial charge on any atom is 0.407 e. The Bertz CT molecular complexity index is 1250. The van der Waals surface area contributed by atoms with E-state index in [0.29, 0.717) is 12.8 Å². The Kier molecular flexibility index (Phi) is 9.36. The van der Waals surface area contributed by atoms with E-state index < -0.39 is 24.1 Å². The molecule has 0 radical (unpaired) electrons. The number of carbonyl (C=O) groups is 3. The van der Waals surface area contributed by atoms with Crippen LogP contribution in [0.3, 0.4) is 0 Å². The first-order valence-corrected chi connectivity index (χ1v) is 13.5. The molecule has 7 heteroatoms. The van der Waals surface area contributed by atoms with E-state index in [0.717, 1.165) is 27.8 Å². The third kappa shape index (κ3) is 7.05. The van der Waals surface area contributed by atoms with E-state index in [1.54, 1.807) is 0 Å². The van der Waals surface area contributed by atoms with Crippen LogP contribution in [0.25, 0.3) is 11.1 Å². The molecule has 0 heterocycles. The van der Waals surface area contributed by atoms with E-state index in [2.05, 4.69) is 34.9 Å². The molecule has 3 atom stereocenters. The Balaban J connectivity index is 1.42. The van der Waals surface area contributed by atoms with E-state index in [9.17, 15) is 14.4 Å². The van der Waals surface area contributed by atoms with Gasteiger partial charge in [-0.3, -0.25) is 9.59 Å². The highest BCUT2D eigenvalue weighted by atomic mass is 16.5. The summed E-state index contributed by atoms with van der Waals surface area (Å²) in [6.07, 6.45) is 0.518. The molecule has 0 aliphatic heterocycles. The molecule has 0 saturated heterocycles. The summed E-state index contributed by atoms with van der Waals surface area (Å²) in [5.41, 5.74) is 5.54. The highest BCUT2D eigenvalue weighted by Gasteiger charge is 2.31. The van der Waals surface area contributed by atoms with Gasteiger partial charge in [-0.2, -0.15) is 0 Å². The van der Waals surface area contributed by atoms with E-state index in [1.165, 1.54) is 6.92 Å². The van der Waals surface area contributed by atoms with E-state index in [1.807, 2.05) is 68.4 Å². The number of fused-ring (bicyclic) bond motifs is 3. The van der Waals surface area contributed by atoms with Crippen molar-refractivity contribution in [1.29, 1.82) is 0 Å². The van der Waals surface area contributed by atoms with Gasteiger partial charge in [0.25, 0.3) is 0 Å². The number of hydrogen-bond acceptors (Lipinski definition) is 5. The molecule has 0 spiro atoms. The maximum absolute atomic E-state index is 13.4. The Morgan fingerprint density at radius 3 is 2.00 bits per heavy atom. The summed E-state index contributed by atoms with van der Waals surface area (Å²) in [6, 6.07) is 24.7. The van der Waals surface area contributed by atoms with Gasteiger partial charge in [-0.15, -0.1) is 0 Å². The molecule has 0 bridgehead atoms. The fourth-order valence-corrected chi connectivity index (χ4v) is 5.03. The molecular weight excluding hydrogens is 492 g/mol. The molecule has 0 saturated carbocycles. The van der Waals surface area contributed by atoms with Crippen LogP contribution in [-0.4, -0.2) is 43.3 Å². The second-order valence-electron chi connectivity index (χ2n) is 10.0. The molecule has 39 heavy (non-hydrogen) atoms. The van der Waals surface area contributed by atoms with Crippen LogP contribution in [-0.2, 0) is 25.5 Å². The van der Waals surface area contributed by atoms with Gasteiger partial charge in [-0.1, -0.05) is 99.1 Å². The summed E-state index contributed by atoms with van der Waals surface area (Å²) in [6.45, 7) is 5.41. The molecule has 7 nitrogen and oxygen atoms in total. The lowest BCUT2D eigenvalue weighted by Gasteiger charge is -2.27. The van der Waals surface area contributed by atoms with E-state index >= 15 is 0 Å². The van der Waals surface area contributed by atoms with Crippen molar-refractivity contribution >= 4 is 18.0 Å². The average Bonchev–Trinajstić information content (AvgIpc) is 3.27. The molecule has 0 fully saturated rings. The van der Waals surface area contributed by atoms with Gasteiger partial charge in [0.2, 0.25) is 5.91 Å². The molecule has 204 valence electrons. The predicted molar refractivity (Wildman–Crippen MR) is 150 cm³/mol. The number of esters is 1. The van der Waals surface area contributed by atoms with Gasteiger partial charge in [-0.25, -0.2) is 4.79 Å². The molecule has 2 amide bonds. The quantitative estimate of drug-likeness (QED) is 0.333. The number of rotatable bonds is 11. The van der Waals surface area contributed by atoms with Crippen LogP contribution >= 0.6 is 0 Å². The SMILES string of the molecule is CC[C@H](C)[C@H](NC(=O)OCC1c2ccccc2-c2ccccc21)C(=O)N[C@H](COC(C)=O)Cc1ccccc1. The van der Waals surface area contributed by atoms with Crippen molar-refractivity contribution in [2.24, 2.45) is 5.92 Å². The summed E-state index contributed by atoms with van der Waals surface area (Å²) < 4.78 is 10.9. The topological polar surface area (TPSA) is 93.7 Å². The van der Waals surface area contributed by atoms with Gasteiger partial charge in [-0.05, 0) is 40.2 Å². The summed E-state index contributed by atoms with van der Waals surface area (Å²) in [7, 11) is 0. The molecular formula is C32H36N2O5. The molecule has 4 rings (SSSR count). The van der Waals surface area contributed by atoms with Gasteiger partial charge in [0.15, 0.2) is 0 Å². The summed E-state index contributed by atoms with van der Waals surface area (Å²) in [4.78, 5) is 37.8. The number of benzene rings is 3. The normalized spacial score (nSPS) is 14.3. The number of hydrogen-bond donors (Lipinski definition) is 2. The standard InChI is InChI=1S/C32H36N2O5/c1-4-21(2)30(31(36)33-24(19-38-22(3)35)18-23-12-6-5-7-13-23)34-32(37)39-20-29-27-16-10-8-14-25(27)26-15-9-11-17-28(26)29/h5-17,21,24,29-30H,4,18-20H2,1-3H3,(H,33,36)(H,34,37)/t21-,24-,30-/m0/s1. The monoisotopic (exact) mass is 528 g/mol. The van der Waals surface area contributed by atoms with Crippen LogP contribution < -0.4 is 10.6 Å². The first kappa shape index (κ1) is 27.9. The summed E-state index contributed by atoms with van der Waals surface area (Å²) in [5.74, 6) is -0.974. The second-order valence-corrected chi connectivity index (χ2v) is 10.0. The minimum absolute atomic E-state index is 0.0359. The first-order valence-electron chi connectivity index (χ1n) is 13.5. The largest absolute Gasteiger partial charge is 0.464 e. The fourth-order valence-electron chi connectivity index (χ4n) is 5.03. The lowest BCUT2D eigenvalue weighted by Crippen LogP contribution is -2.54. The lowest BCUT2D eigenvalue weighted by molar-refractivity contribution is -0.142. The minimum Gasteiger partial charge on any atom is -0.464 e. The maximum atomic E-state index is 13.4. The summed E-state index contributed by atoms with van der Waals surface area (Å²) in [5, 5.41) is 5.77. The van der Waals surface area contributed by atoms with Crippen molar-refractivity contribution in [3.05, 3.63) is 95.6 Å². The molecule has 0 aromatic heterocycles. The van der Waals surface area contributed by atoms with Crippen molar-refractivity contribution < 1.29 is 23.9 Å². The summed E-state index contributed by atoms with van der Waals surface area (Å²) >= 11 is 0. The van der Waals surface area contributed by atoms with Crippen LogP contribution in [0.4, 0.5) is 4.79 Å². The Hall–Kier alpha value is -4.13. The van der Waals surface area contributed by atoms with E-state index in [4.69, 9.17) is 9.47 Å². The first-order chi connectivity index (χ1) is 18.9. The van der Waals surface area contributed by atoms with Crippen LogP contribution in [0.1, 0.15) is 49.8 Å². The lowest BCUT2D eigenvalue weighted by atomic mass is 9.97. The number of carbonyl (C=O) groups excluding carboxylic acids is 3. The Morgan fingerprint density at radius 1 is 0.821 bits per heavy atom. The zero-order valence-corrected chi connectivity index (χ0v) is 22.7. The highest BCUT2D eigenvalue weighted by molar-refractivity contribution is 5.86. The Morgan fingerprint density at radius 2 is 1.41 bits per heavy atom. The molecule has 2 N–H and O–H groups in total. The van der Waals surface area contributed by atoms with Gasteiger partial charge >= 0.3 is 12.1 Å². The van der Waals surface area contributed by atoms with Gasteiger partial charge in [0.1, 0.15) is 19.3 Å². The van der Waals surface area contributed by atoms with Crippen molar-refractivity contribution in [2.45, 2.75) is 51.6 Å². The van der Waals surface area contributed by atoms with Crippen molar-refractivity contribution in [2.75, 3.05) is 13.2 Å². The highest BCUT2D eigenvalue weighted by Crippen LogP contribution is 2.44. The average molecular weight is 529 g/mol. The molecule has 1 aliphatic rings. The number of amides is 2. The molecule has 0 unspecified atom stereocenters.